The van der Waals surface area contributed by atoms with E-state index in [4.69, 9.17) is 4.74 Å². The maximum Gasteiger partial charge on any atom is 0.119 e. The molecule has 1 aromatic rings. The maximum absolute atomic E-state index is 9.39. The zero-order valence-corrected chi connectivity index (χ0v) is 12.8. The monoisotopic (exact) mass is 265 g/mol. The Morgan fingerprint density at radius 3 is 2.11 bits per heavy atom. The van der Waals surface area contributed by atoms with Gasteiger partial charge in [0.2, 0.25) is 0 Å². The minimum Gasteiger partial charge on any atom is -0.491 e. The molecule has 1 atom stereocenters. The van der Waals surface area contributed by atoms with E-state index in [0.717, 1.165) is 18.0 Å². The van der Waals surface area contributed by atoms with Crippen LogP contribution in [0.15, 0.2) is 24.3 Å². The third-order valence-electron chi connectivity index (χ3n) is 3.33. The van der Waals surface area contributed by atoms with Gasteiger partial charge in [0.15, 0.2) is 0 Å². The Bertz CT molecular complexity index is 360. The summed E-state index contributed by atoms with van der Waals surface area (Å²) in [5, 5.41) is 9.39. The van der Waals surface area contributed by atoms with Crippen molar-refractivity contribution in [2.24, 2.45) is 11.8 Å². The van der Waals surface area contributed by atoms with E-state index in [0.29, 0.717) is 11.8 Å². The predicted octanol–water partition coefficient (Wildman–Crippen LogP) is 3.17. The van der Waals surface area contributed by atoms with Crippen molar-refractivity contribution >= 4 is 5.69 Å². The second-order valence-corrected chi connectivity index (χ2v) is 5.73. The van der Waals surface area contributed by atoms with Crippen molar-refractivity contribution in [1.29, 1.82) is 0 Å². The molecule has 1 rings (SSSR count). The fourth-order valence-corrected chi connectivity index (χ4v) is 1.99. The standard InChI is InChI=1S/C16H27NO2/c1-12(2)14(11-18)10-17(5)15-6-8-16(9-7-15)19-13(3)4/h6-9,12-14,18H,10-11H2,1-5H3. The van der Waals surface area contributed by atoms with Crippen LogP contribution in [0.25, 0.3) is 0 Å². The fourth-order valence-electron chi connectivity index (χ4n) is 1.99. The molecule has 108 valence electrons. The molecule has 1 N–H and O–H groups in total. The van der Waals surface area contributed by atoms with Gasteiger partial charge >= 0.3 is 0 Å². The number of hydrogen-bond acceptors (Lipinski definition) is 3. The van der Waals surface area contributed by atoms with E-state index in [1.807, 2.05) is 26.0 Å². The third kappa shape index (κ3) is 5.11. The highest BCUT2D eigenvalue weighted by molar-refractivity contribution is 5.48. The quantitative estimate of drug-likeness (QED) is 0.822. The highest BCUT2D eigenvalue weighted by atomic mass is 16.5. The van der Waals surface area contributed by atoms with Crippen LogP contribution in [-0.2, 0) is 0 Å². The summed E-state index contributed by atoms with van der Waals surface area (Å²) in [4.78, 5) is 2.18. The van der Waals surface area contributed by atoms with Crippen LogP contribution >= 0.6 is 0 Å². The van der Waals surface area contributed by atoms with Crippen molar-refractivity contribution in [3.8, 4) is 5.75 Å². The molecular weight excluding hydrogens is 238 g/mol. The largest absolute Gasteiger partial charge is 0.491 e. The maximum atomic E-state index is 9.39. The highest BCUT2D eigenvalue weighted by Crippen LogP contribution is 2.21. The Morgan fingerprint density at radius 1 is 1.11 bits per heavy atom. The van der Waals surface area contributed by atoms with Gasteiger partial charge in [0.1, 0.15) is 5.75 Å². The van der Waals surface area contributed by atoms with Gasteiger partial charge in [0.05, 0.1) is 6.10 Å². The van der Waals surface area contributed by atoms with Crippen LogP contribution in [0.4, 0.5) is 5.69 Å². The van der Waals surface area contributed by atoms with Crippen molar-refractivity contribution < 1.29 is 9.84 Å². The van der Waals surface area contributed by atoms with Gasteiger partial charge in [-0.3, -0.25) is 0 Å². The first kappa shape index (κ1) is 15.8. The van der Waals surface area contributed by atoms with Gasteiger partial charge in [-0.2, -0.15) is 0 Å². The van der Waals surface area contributed by atoms with Crippen molar-refractivity contribution in [2.45, 2.75) is 33.8 Å². The molecular formula is C16H27NO2. The van der Waals surface area contributed by atoms with Gasteiger partial charge in [0, 0.05) is 31.8 Å². The van der Waals surface area contributed by atoms with E-state index in [1.54, 1.807) is 0 Å². The summed E-state index contributed by atoms with van der Waals surface area (Å²) in [6, 6.07) is 8.11. The summed E-state index contributed by atoms with van der Waals surface area (Å²) in [5.74, 6) is 1.68. The number of benzene rings is 1. The van der Waals surface area contributed by atoms with Crippen LogP contribution in [0.1, 0.15) is 27.7 Å². The molecule has 0 aliphatic rings. The summed E-state index contributed by atoms with van der Waals surface area (Å²) >= 11 is 0. The number of aliphatic hydroxyl groups excluding tert-OH is 1. The van der Waals surface area contributed by atoms with Gasteiger partial charge in [-0.15, -0.1) is 0 Å². The smallest absolute Gasteiger partial charge is 0.119 e. The molecule has 3 nitrogen and oxygen atoms in total. The molecule has 0 amide bonds. The molecule has 0 spiro atoms. The molecule has 0 aromatic heterocycles. The predicted molar refractivity (Wildman–Crippen MR) is 80.9 cm³/mol. The third-order valence-corrected chi connectivity index (χ3v) is 3.33. The van der Waals surface area contributed by atoms with Crippen molar-refractivity contribution in [3.05, 3.63) is 24.3 Å². The summed E-state index contributed by atoms with van der Waals surface area (Å²) in [6.45, 7) is 9.43. The Kier molecular flexibility index (Phi) is 6.16. The van der Waals surface area contributed by atoms with Crippen molar-refractivity contribution in [3.63, 3.8) is 0 Å². The van der Waals surface area contributed by atoms with E-state index in [9.17, 15) is 5.11 Å². The first-order valence-electron chi connectivity index (χ1n) is 7.02. The summed E-state index contributed by atoms with van der Waals surface area (Å²) in [5.41, 5.74) is 1.15. The summed E-state index contributed by atoms with van der Waals surface area (Å²) < 4.78 is 5.63. The van der Waals surface area contributed by atoms with Crippen molar-refractivity contribution in [2.75, 3.05) is 25.1 Å². The number of nitrogens with zero attached hydrogens (tertiary/aromatic N) is 1. The lowest BCUT2D eigenvalue weighted by atomic mass is 9.96. The lowest BCUT2D eigenvalue weighted by molar-refractivity contribution is 0.193. The lowest BCUT2D eigenvalue weighted by Crippen LogP contribution is -2.30. The Labute approximate surface area is 117 Å². The van der Waals surface area contributed by atoms with Crippen LogP contribution < -0.4 is 9.64 Å². The van der Waals surface area contributed by atoms with Crippen LogP contribution in [0, 0.1) is 11.8 Å². The van der Waals surface area contributed by atoms with Gasteiger partial charge in [-0.25, -0.2) is 0 Å². The highest BCUT2D eigenvalue weighted by Gasteiger charge is 2.15. The molecule has 0 bridgehead atoms. The van der Waals surface area contributed by atoms with E-state index >= 15 is 0 Å². The van der Waals surface area contributed by atoms with Crippen LogP contribution in [0.3, 0.4) is 0 Å². The summed E-state index contributed by atoms with van der Waals surface area (Å²) in [6.07, 6.45) is 0.197. The minimum absolute atomic E-state index is 0.197. The normalized spacial score (nSPS) is 12.8. The first-order chi connectivity index (χ1) is 8.93. The Hall–Kier alpha value is -1.22. The van der Waals surface area contributed by atoms with Gasteiger partial charge in [0.25, 0.3) is 0 Å². The zero-order chi connectivity index (χ0) is 14.4. The Morgan fingerprint density at radius 2 is 1.68 bits per heavy atom. The average Bonchev–Trinajstić information content (AvgIpc) is 2.35. The molecule has 19 heavy (non-hydrogen) atoms. The molecule has 0 radical (unpaired) electrons. The van der Waals surface area contributed by atoms with Crippen LogP contribution in [0.2, 0.25) is 0 Å². The van der Waals surface area contributed by atoms with Crippen LogP contribution in [0.5, 0.6) is 5.75 Å². The lowest BCUT2D eigenvalue weighted by Gasteiger charge is -2.27. The molecule has 0 aliphatic heterocycles. The molecule has 0 saturated carbocycles. The van der Waals surface area contributed by atoms with Gasteiger partial charge in [-0.05, 0) is 44.0 Å². The van der Waals surface area contributed by atoms with E-state index in [-0.39, 0.29) is 12.7 Å². The minimum atomic E-state index is 0.197. The second kappa shape index (κ2) is 7.39. The number of anilines is 1. The molecule has 0 saturated heterocycles. The van der Waals surface area contributed by atoms with Gasteiger partial charge in [-0.1, -0.05) is 13.8 Å². The SMILES string of the molecule is CC(C)Oc1ccc(N(C)CC(CO)C(C)C)cc1. The zero-order valence-electron chi connectivity index (χ0n) is 12.8. The molecule has 0 heterocycles. The molecule has 1 unspecified atom stereocenters. The van der Waals surface area contributed by atoms with E-state index < -0.39 is 0 Å². The average molecular weight is 265 g/mol. The first-order valence-corrected chi connectivity index (χ1v) is 7.02. The molecule has 3 heteroatoms. The summed E-state index contributed by atoms with van der Waals surface area (Å²) in [7, 11) is 2.06. The number of ether oxygens (including phenoxy) is 1. The van der Waals surface area contributed by atoms with Crippen molar-refractivity contribution in [1.82, 2.24) is 0 Å². The number of hydrogen-bond donors (Lipinski definition) is 1. The topological polar surface area (TPSA) is 32.7 Å². The molecule has 0 fully saturated rings. The van der Waals surface area contributed by atoms with Crippen LogP contribution in [-0.4, -0.2) is 31.4 Å². The van der Waals surface area contributed by atoms with E-state index in [1.165, 1.54) is 0 Å². The van der Waals surface area contributed by atoms with Gasteiger partial charge < -0.3 is 14.7 Å². The fraction of sp³-hybridized carbons (Fsp3) is 0.625. The number of aliphatic hydroxyl groups is 1. The Balaban J connectivity index is 2.64. The molecule has 0 aliphatic carbocycles. The molecule has 1 aromatic carbocycles. The number of rotatable bonds is 7. The second-order valence-electron chi connectivity index (χ2n) is 5.73. The van der Waals surface area contributed by atoms with E-state index in [2.05, 4.69) is 37.9 Å².